The molecule has 0 aliphatic heterocycles. The van der Waals surface area contributed by atoms with Crippen molar-refractivity contribution in [3.63, 3.8) is 0 Å². The Hall–Kier alpha value is -0.850. The molecule has 0 saturated carbocycles. The highest BCUT2D eigenvalue weighted by Gasteiger charge is 2.31. The number of rotatable bonds is 3. The van der Waals surface area contributed by atoms with Crippen molar-refractivity contribution in [2.75, 3.05) is 0 Å². The van der Waals surface area contributed by atoms with E-state index in [1.165, 1.54) is 18.4 Å². The summed E-state index contributed by atoms with van der Waals surface area (Å²) in [5, 5.41) is 0. The van der Waals surface area contributed by atoms with Crippen LogP contribution in [0.3, 0.4) is 0 Å². The molecule has 0 N–H and O–H groups in total. The number of Topliss-reactive ketones (excluding diaryl/α,β-unsaturated/α-hetero) is 1. The lowest BCUT2D eigenvalue weighted by atomic mass is 9.97. The first-order valence-electron chi connectivity index (χ1n) is 5.75. The first kappa shape index (κ1) is 9.70. The Morgan fingerprint density at radius 3 is 3.07 bits per heavy atom. The number of carbonyl (C=O) groups excluding carboxylic acids is 1. The zero-order valence-corrected chi connectivity index (χ0v) is 8.88. The molecule has 0 fully saturated rings. The van der Waals surface area contributed by atoms with Gasteiger partial charge >= 0.3 is 0 Å². The number of unbranched alkanes of at least 4 members (excludes halogenated alkanes) is 1. The third kappa shape index (κ3) is 1.68. The van der Waals surface area contributed by atoms with E-state index in [-0.39, 0.29) is 0 Å². The topological polar surface area (TPSA) is 17.1 Å². The second-order valence-corrected chi connectivity index (χ2v) is 4.37. The Labute approximate surface area is 85.9 Å². The van der Waals surface area contributed by atoms with Gasteiger partial charge in [-0.1, -0.05) is 37.5 Å². The van der Waals surface area contributed by atoms with Crippen LogP contribution in [-0.2, 0) is 4.79 Å². The maximum atomic E-state index is 11.9. The number of ketones is 1. The summed E-state index contributed by atoms with van der Waals surface area (Å²) in [4.78, 5) is 11.9. The second-order valence-electron chi connectivity index (χ2n) is 4.37. The molecule has 0 heterocycles. The first-order chi connectivity index (χ1) is 6.83. The molecule has 1 nitrogen and oxygen atoms in total. The van der Waals surface area contributed by atoms with Crippen LogP contribution in [-0.4, -0.2) is 5.78 Å². The van der Waals surface area contributed by atoms with Gasteiger partial charge in [-0.2, -0.15) is 0 Å². The molecule has 1 unspecified atom stereocenters. The highest BCUT2D eigenvalue weighted by Crippen LogP contribution is 2.36. The maximum Gasteiger partial charge on any atom is 0.166 e. The lowest BCUT2D eigenvalue weighted by molar-refractivity contribution is -0.118. The summed E-state index contributed by atoms with van der Waals surface area (Å²) in [7, 11) is 0. The van der Waals surface area contributed by atoms with Crippen LogP contribution >= 0.6 is 0 Å². The van der Waals surface area contributed by atoms with E-state index in [1.54, 1.807) is 0 Å². The summed E-state index contributed by atoms with van der Waals surface area (Å²) in [6.45, 7) is 2.19. The minimum Gasteiger partial charge on any atom is -0.294 e. The zero-order valence-electron chi connectivity index (χ0n) is 8.88. The van der Waals surface area contributed by atoms with E-state index in [0.717, 1.165) is 31.3 Å². The highest BCUT2D eigenvalue weighted by molar-refractivity contribution is 6.03. The Morgan fingerprint density at radius 1 is 1.50 bits per heavy atom. The molecule has 0 bridgehead atoms. The normalized spacial score (nSPS) is 25.8. The molecule has 1 atom stereocenters. The van der Waals surface area contributed by atoms with E-state index < -0.39 is 0 Å². The van der Waals surface area contributed by atoms with Crippen LogP contribution in [0.15, 0.2) is 23.3 Å². The van der Waals surface area contributed by atoms with Crippen molar-refractivity contribution in [1.82, 2.24) is 0 Å². The van der Waals surface area contributed by atoms with Crippen LogP contribution in [0.5, 0.6) is 0 Å². The summed E-state index contributed by atoms with van der Waals surface area (Å²) in [6.07, 6.45) is 11.0. The molecule has 0 aromatic heterocycles. The smallest absolute Gasteiger partial charge is 0.166 e. The van der Waals surface area contributed by atoms with Crippen LogP contribution in [0.4, 0.5) is 0 Å². The van der Waals surface area contributed by atoms with Gasteiger partial charge in [0.25, 0.3) is 0 Å². The van der Waals surface area contributed by atoms with Gasteiger partial charge in [0.05, 0.1) is 0 Å². The molecular formula is C13H18O. The van der Waals surface area contributed by atoms with Crippen LogP contribution in [0.1, 0.15) is 45.4 Å². The minimum atomic E-state index is 0.322. The Balaban J connectivity index is 2.03. The molecule has 0 aromatic rings. The van der Waals surface area contributed by atoms with Crippen molar-refractivity contribution in [3.8, 4) is 0 Å². The van der Waals surface area contributed by atoms with Crippen molar-refractivity contribution >= 4 is 5.78 Å². The maximum absolute atomic E-state index is 11.9. The number of allylic oxidation sites excluding steroid dienone is 4. The minimum absolute atomic E-state index is 0.322. The van der Waals surface area contributed by atoms with Gasteiger partial charge in [0.1, 0.15) is 0 Å². The zero-order chi connectivity index (χ0) is 9.97. The van der Waals surface area contributed by atoms with Crippen molar-refractivity contribution in [3.05, 3.63) is 23.3 Å². The van der Waals surface area contributed by atoms with Gasteiger partial charge in [0, 0.05) is 11.5 Å². The van der Waals surface area contributed by atoms with Crippen molar-refractivity contribution in [2.24, 2.45) is 5.92 Å². The Bertz CT molecular complexity index is 296. The fourth-order valence-electron chi connectivity index (χ4n) is 2.47. The molecule has 76 valence electrons. The fraction of sp³-hybridized carbons (Fsp3) is 0.615. The first-order valence-corrected chi connectivity index (χ1v) is 5.75. The van der Waals surface area contributed by atoms with Crippen LogP contribution in [0.2, 0.25) is 0 Å². The third-order valence-electron chi connectivity index (χ3n) is 3.31. The molecule has 14 heavy (non-hydrogen) atoms. The standard InChI is InChI=1S/C13H18O/c1-2-3-6-11-9-10-7-4-5-8-12(10)13(11)14/h5,8,11H,2-4,6-7,9H2,1H3. The van der Waals surface area contributed by atoms with Gasteiger partial charge in [0.15, 0.2) is 5.78 Å². The van der Waals surface area contributed by atoms with Gasteiger partial charge in [-0.15, -0.1) is 0 Å². The lowest BCUT2D eigenvalue weighted by Crippen LogP contribution is -2.09. The van der Waals surface area contributed by atoms with E-state index in [4.69, 9.17) is 0 Å². The Kier molecular flexibility index (Phi) is 2.85. The molecule has 1 heteroatoms. The summed E-state index contributed by atoms with van der Waals surface area (Å²) < 4.78 is 0. The van der Waals surface area contributed by atoms with Gasteiger partial charge < -0.3 is 0 Å². The molecule has 2 aliphatic carbocycles. The number of hydrogen-bond acceptors (Lipinski definition) is 1. The number of hydrogen-bond donors (Lipinski definition) is 0. The largest absolute Gasteiger partial charge is 0.294 e. The van der Waals surface area contributed by atoms with Crippen molar-refractivity contribution in [1.29, 1.82) is 0 Å². The monoisotopic (exact) mass is 190 g/mol. The Morgan fingerprint density at radius 2 is 2.36 bits per heavy atom. The van der Waals surface area contributed by atoms with Crippen molar-refractivity contribution < 1.29 is 4.79 Å². The molecule has 0 amide bonds. The molecule has 0 saturated heterocycles. The highest BCUT2D eigenvalue weighted by atomic mass is 16.1. The summed E-state index contributed by atoms with van der Waals surface area (Å²) in [5.41, 5.74) is 2.48. The summed E-state index contributed by atoms with van der Waals surface area (Å²) in [6, 6.07) is 0. The lowest BCUT2D eigenvalue weighted by Gasteiger charge is -2.06. The summed E-state index contributed by atoms with van der Waals surface area (Å²) in [5.74, 6) is 0.743. The fourth-order valence-corrected chi connectivity index (χ4v) is 2.47. The quantitative estimate of drug-likeness (QED) is 0.666. The molecule has 0 radical (unpaired) electrons. The average molecular weight is 190 g/mol. The van der Waals surface area contributed by atoms with Gasteiger partial charge in [0.2, 0.25) is 0 Å². The number of carbonyl (C=O) groups is 1. The van der Waals surface area contributed by atoms with Crippen LogP contribution < -0.4 is 0 Å². The van der Waals surface area contributed by atoms with Crippen LogP contribution in [0, 0.1) is 5.92 Å². The predicted molar refractivity (Wildman–Crippen MR) is 58.0 cm³/mol. The molecule has 0 aromatic carbocycles. The summed E-state index contributed by atoms with van der Waals surface area (Å²) >= 11 is 0. The van der Waals surface area contributed by atoms with Gasteiger partial charge in [-0.3, -0.25) is 4.79 Å². The van der Waals surface area contributed by atoms with E-state index in [0.29, 0.717) is 11.7 Å². The van der Waals surface area contributed by atoms with E-state index in [1.807, 2.05) is 6.08 Å². The van der Waals surface area contributed by atoms with Gasteiger partial charge in [-0.05, 0) is 25.7 Å². The molecule has 2 aliphatic rings. The van der Waals surface area contributed by atoms with E-state index >= 15 is 0 Å². The molecule has 0 spiro atoms. The van der Waals surface area contributed by atoms with Crippen molar-refractivity contribution in [2.45, 2.75) is 45.4 Å². The van der Waals surface area contributed by atoms with Gasteiger partial charge in [-0.25, -0.2) is 0 Å². The second kappa shape index (κ2) is 4.12. The average Bonchev–Trinajstić information content (AvgIpc) is 2.54. The SMILES string of the molecule is CCCCC1CC2=C(C=CCC2)C1=O. The van der Waals surface area contributed by atoms with Crippen LogP contribution in [0.25, 0.3) is 0 Å². The van der Waals surface area contributed by atoms with E-state index in [9.17, 15) is 4.79 Å². The predicted octanol–water partition coefficient (Wildman–Crippen LogP) is 3.41. The molecular weight excluding hydrogens is 172 g/mol. The molecule has 2 rings (SSSR count). The third-order valence-corrected chi connectivity index (χ3v) is 3.31. The van der Waals surface area contributed by atoms with E-state index in [2.05, 4.69) is 13.0 Å².